The molecule has 0 unspecified atom stereocenters. The molecule has 0 aliphatic carbocycles. The summed E-state index contributed by atoms with van der Waals surface area (Å²) in [7, 11) is 0. The van der Waals surface area contributed by atoms with Crippen molar-refractivity contribution in [2.45, 2.75) is 39.2 Å². The number of nitrogens with zero attached hydrogens (tertiary/aromatic N) is 4. The molecule has 0 radical (unpaired) electrons. The van der Waals surface area contributed by atoms with Crippen LogP contribution in [0.3, 0.4) is 0 Å². The van der Waals surface area contributed by atoms with Gasteiger partial charge in [-0.1, -0.05) is 61.3 Å². The molecule has 2 heterocycles. The first-order valence-corrected chi connectivity index (χ1v) is 11.1. The lowest BCUT2D eigenvalue weighted by Crippen LogP contribution is -2.06. The maximum atomic E-state index is 6.28. The number of hydrogen-bond acceptors (Lipinski definition) is 5. The van der Waals surface area contributed by atoms with Gasteiger partial charge in [0.05, 0.1) is 5.69 Å². The maximum Gasteiger partial charge on any atom is 0.204 e. The first-order chi connectivity index (χ1) is 15.5. The van der Waals surface area contributed by atoms with Crippen LogP contribution in [0.25, 0.3) is 11.4 Å². The molecule has 0 saturated carbocycles. The van der Waals surface area contributed by atoms with Gasteiger partial charge in [0, 0.05) is 27.4 Å². The molecular weight excluding hydrogens is 445 g/mol. The molecular formula is C24H23Cl2N5O. The van der Waals surface area contributed by atoms with E-state index in [0.29, 0.717) is 28.4 Å². The minimum Gasteiger partial charge on any atom is -0.487 e. The van der Waals surface area contributed by atoms with Crippen LogP contribution < -0.4 is 4.74 Å². The monoisotopic (exact) mass is 467 g/mol. The quantitative estimate of drug-likeness (QED) is 0.340. The molecule has 2 aromatic heterocycles. The lowest BCUT2D eigenvalue weighted by Gasteiger charge is -2.18. The number of rotatable bonds is 8. The fourth-order valence-electron chi connectivity index (χ4n) is 3.52. The minimum absolute atomic E-state index is 0.309. The second kappa shape index (κ2) is 10.1. The highest BCUT2D eigenvalue weighted by molar-refractivity contribution is 6.34. The summed E-state index contributed by atoms with van der Waals surface area (Å²) in [5.41, 5.74) is 5.11. The molecule has 4 rings (SSSR count). The second-order valence-electron chi connectivity index (χ2n) is 7.83. The second-order valence-corrected chi connectivity index (χ2v) is 8.70. The lowest BCUT2D eigenvalue weighted by atomic mass is 9.99. The third-order valence-electron chi connectivity index (χ3n) is 5.14. The van der Waals surface area contributed by atoms with Crippen LogP contribution in [0.1, 0.15) is 42.1 Å². The Bertz CT molecular complexity index is 1160. The largest absolute Gasteiger partial charge is 0.487 e. The topological polar surface area (TPSA) is 76.6 Å². The van der Waals surface area contributed by atoms with E-state index in [0.717, 1.165) is 41.0 Å². The Labute approximate surface area is 197 Å². The lowest BCUT2D eigenvalue weighted by molar-refractivity contribution is 0.296. The summed E-state index contributed by atoms with van der Waals surface area (Å²) in [5.74, 6) is 1.73. The fraction of sp³-hybridized carbons (Fsp3) is 0.250. The molecule has 1 N–H and O–H groups in total. The third-order valence-corrected chi connectivity index (χ3v) is 5.58. The van der Waals surface area contributed by atoms with Gasteiger partial charge < -0.3 is 4.74 Å². The van der Waals surface area contributed by atoms with Crippen molar-refractivity contribution in [2.75, 3.05) is 0 Å². The van der Waals surface area contributed by atoms with Crippen LogP contribution in [-0.4, -0.2) is 25.6 Å². The van der Waals surface area contributed by atoms with Crippen molar-refractivity contribution in [1.29, 1.82) is 0 Å². The summed E-state index contributed by atoms with van der Waals surface area (Å²) < 4.78 is 6.28. The summed E-state index contributed by atoms with van der Waals surface area (Å²) >= 11 is 12.3. The van der Waals surface area contributed by atoms with E-state index in [-0.39, 0.29) is 0 Å². The highest BCUT2D eigenvalue weighted by atomic mass is 35.5. The molecule has 0 spiro atoms. The average molecular weight is 468 g/mol. The first kappa shape index (κ1) is 22.2. The zero-order valence-electron chi connectivity index (χ0n) is 17.8. The number of aromatic nitrogens is 5. The summed E-state index contributed by atoms with van der Waals surface area (Å²) in [6.07, 6.45) is 3.45. The molecule has 0 saturated heterocycles. The molecule has 8 heteroatoms. The zero-order chi connectivity index (χ0) is 22.5. The molecule has 0 amide bonds. The van der Waals surface area contributed by atoms with Crippen LogP contribution in [0.4, 0.5) is 0 Å². The Balaban J connectivity index is 1.51. The molecule has 164 valence electrons. The number of aromatic amines is 1. The van der Waals surface area contributed by atoms with Crippen molar-refractivity contribution >= 4 is 23.2 Å². The van der Waals surface area contributed by atoms with Gasteiger partial charge in [-0.3, -0.25) is 4.98 Å². The van der Waals surface area contributed by atoms with Crippen molar-refractivity contribution in [2.24, 2.45) is 0 Å². The first-order valence-electron chi connectivity index (χ1n) is 10.4. The van der Waals surface area contributed by atoms with Crippen molar-refractivity contribution in [3.8, 4) is 17.1 Å². The van der Waals surface area contributed by atoms with Crippen molar-refractivity contribution in [3.05, 3.63) is 87.2 Å². The maximum absolute atomic E-state index is 6.28. The highest BCUT2D eigenvalue weighted by Crippen LogP contribution is 2.31. The van der Waals surface area contributed by atoms with Gasteiger partial charge in [-0.15, -0.1) is 10.2 Å². The number of hydrogen-bond donors (Lipinski definition) is 1. The van der Waals surface area contributed by atoms with E-state index >= 15 is 0 Å². The normalized spacial score (nSPS) is 11.2. The van der Waals surface area contributed by atoms with Crippen LogP contribution in [0.2, 0.25) is 10.0 Å². The smallest absolute Gasteiger partial charge is 0.204 e. The molecule has 4 aromatic rings. The summed E-state index contributed by atoms with van der Waals surface area (Å²) in [5, 5.41) is 15.3. The summed E-state index contributed by atoms with van der Waals surface area (Å²) in [4.78, 5) is 4.63. The van der Waals surface area contributed by atoms with E-state index in [9.17, 15) is 0 Å². The van der Waals surface area contributed by atoms with Crippen LogP contribution >= 0.6 is 23.2 Å². The van der Waals surface area contributed by atoms with Crippen molar-refractivity contribution < 1.29 is 4.74 Å². The third kappa shape index (κ3) is 5.44. The summed E-state index contributed by atoms with van der Waals surface area (Å²) in [6.45, 7) is 4.68. The van der Waals surface area contributed by atoms with Gasteiger partial charge in [0.25, 0.3) is 0 Å². The minimum atomic E-state index is 0.309. The van der Waals surface area contributed by atoms with Crippen LogP contribution in [-0.2, 0) is 19.4 Å². The van der Waals surface area contributed by atoms with E-state index in [2.05, 4.69) is 51.6 Å². The van der Waals surface area contributed by atoms with Crippen LogP contribution in [0, 0.1) is 0 Å². The van der Waals surface area contributed by atoms with Crippen molar-refractivity contribution in [3.63, 3.8) is 0 Å². The Morgan fingerprint density at radius 1 is 0.938 bits per heavy atom. The Kier molecular flexibility index (Phi) is 7.02. The SMILES string of the molecule is CC(C)c1ccnc(CCc2ccc(-c3nn[nH]n3)cc2)c1OCc1cc(Cl)cc(Cl)c1. The van der Waals surface area contributed by atoms with Crippen molar-refractivity contribution in [1.82, 2.24) is 25.6 Å². The Morgan fingerprint density at radius 2 is 1.69 bits per heavy atom. The number of benzene rings is 2. The number of halogens is 2. The van der Waals surface area contributed by atoms with Gasteiger partial charge in [-0.2, -0.15) is 5.21 Å². The number of ether oxygens (including phenoxy) is 1. The number of H-pyrrole nitrogens is 1. The molecule has 6 nitrogen and oxygen atoms in total. The number of pyridine rings is 1. The zero-order valence-corrected chi connectivity index (χ0v) is 19.4. The van der Waals surface area contributed by atoms with Gasteiger partial charge in [0.15, 0.2) is 0 Å². The molecule has 0 aliphatic heterocycles. The molecule has 0 aliphatic rings. The fourth-order valence-corrected chi connectivity index (χ4v) is 4.10. The standard InChI is InChI=1S/C24H23Cl2N5O/c1-15(2)21-9-10-27-22(23(21)32-14-17-11-19(25)13-20(26)12-17)8-5-16-3-6-18(7-4-16)24-28-30-31-29-24/h3-4,6-7,9-13,15H,5,8,14H2,1-2H3,(H,28,29,30,31). The molecule has 32 heavy (non-hydrogen) atoms. The van der Waals surface area contributed by atoms with Gasteiger partial charge in [-0.05, 0) is 59.4 Å². The predicted molar refractivity (Wildman–Crippen MR) is 126 cm³/mol. The van der Waals surface area contributed by atoms with E-state index in [4.69, 9.17) is 27.9 Å². The van der Waals surface area contributed by atoms with E-state index in [1.165, 1.54) is 5.56 Å². The van der Waals surface area contributed by atoms with Gasteiger partial charge in [0.1, 0.15) is 12.4 Å². The molecule has 0 atom stereocenters. The van der Waals surface area contributed by atoms with E-state index in [1.807, 2.05) is 36.5 Å². The van der Waals surface area contributed by atoms with Gasteiger partial charge in [-0.25, -0.2) is 0 Å². The highest BCUT2D eigenvalue weighted by Gasteiger charge is 2.15. The van der Waals surface area contributed by atoms with Gasteiger partial charge in [0.2, 0.25) is 5.82 Å². The molecule has 0 fully saturated rings. The van der Waals surface area contributed by atoms with E-state index < -0.39 is 0 Å². The number of tetrazole rings is 1. The van der Waals surface area contributed by atoms with Crippen LogP contribution in [0.15, 0.2) is 54.7 Å². The molecule has 0 bridgehead atoms. The summed E-state index contributed by atoms with van der Waals surface area (Å²) in [6, 6.07) is 15.6. The van der Waals surface area contributed by atoms with Crippen LogP contribution in [0.5, 0.6) is 5.75 Å². The number of aryl methyl sites for hydroxylation is 2. The predicted octanol–water partition coefficient (Wildman–Crippen LogP) is 6.06. The van der Waals surface area contributed by atoms with E-state index in [1.54, 1.807) is 6.07 Å². The Morgan fingerprint density at radius 3 is 2.34 bits per heavy atom. The number of nitrogens with one attached hydrogen (secondary N) is 1. The average Bonchev–Trinajstić information content (AvgIpc) is 3.31. The molecule has 2 aromatic carbocycles. The Hall–Kier alpha value is -2.96. The van der Waals surface area contributed by atoms with Gasteiger partial charge >= 0.3 is 0 Å².